The van der Waals surface area contributed by atoms with E-state index in [1.165, 1.54) is 12.1 Å². The fourth-order valence-corrected chi connectivity index (χ4v) is 3.89. The largest absolute Gasteiger partial charge is 0.455 e. The molecular weight excluding hydrogens is 354 g/mol. The number of ether oxygens (including phenoxy) is 1. The SMILES string of the molecule is CCOCCCNC(=O)c1ccc(CS(=O)(=O)Cc2cccc(C)c2)o1. The summed E-state index contributed by atoms with van der Waals surface area (Å²) in [5.74, 6) is -0.282. The van der Waals surface area contributed by atoms with E-state index in [1.807, 2.05) is 32.0 Å². The highest BCUT2D eigenvalue weighted by atomic mass is 32.2. The van der Waals surface area contributed by atoms with E-state index in [4.69, 9.17) is 9.15 Å². The molecule has 2 rings (SSSR count). The maximum Gasteiger partial charge on any atom is 0.286 e. The molecule has 0 bridgehead atoms. The van der Waals surface area contributed by atoms with Crippen molar-refractivity contribution in [2.75, 3.05) is 19.8 Å². The van der Waals surface area contributed by atoms with Crippen LogP contribution in [0.25, 0.3) is 0 Å². The average Bonchev–Trinajstić information content (AvgIpc) is 3.01. The van der Waals surface area contributed by atoms with E-state index in [0.29, 0.717) is 26.2 Å². The molecule has 1 amide bonds. The van der Waals surface area contributed by atoms with E-state index < -0.39 is 9.84 Å². The predicted molar refractivity (Wildman–Crippen MR) is 99.7 cm³/mol. The highest BCUT2D eigenvalue weighted by Gasteiger charge is 2.18. The molecule has 0 aliphatic heterocycles. The van der Waals surface area contributed by atoms with Gasteiger partial charge >= 0.3 is 0 Å². The summed E-state index contributed by atoms with van der Waals surface area (Å²) in [5, 5.41) is 2.72. The van der Waals surface area contributed by atoms with E-state index in [2.05, 4.69) is 5.32 Å². The number of amides is 1. The van der Waals surface area contributed by atoms with Crippen LogP contribution in [0.15, 0.2) is 40.8 Å². The Hall–Kier alpha value is -2.12. The van der Waals surface area contributed by atoms with Crippen LogP contribution in [-0.4, -0.2) is 34.1 Å². The van der Waals surface area contributed by atoms with Crippen LogP contribution in [0.4, 0.5) is 0 Å². The monoisotopic (exact) mass is 379 g/mol. The molecular formula is C19H25NO5S. The maximum absolute atomic E-state index is 12.4. The Labute approximate surface area is 154 Å². The molecule has 0 saturated carbocycles. The Morgan fingerprint density at radius 1 is 1.19 bits per heavy atom. The van der Waals surface area contributed by atoms with Gasteiger partial charge in [0.15, 0.2) is 15.6 Å². The van der Waals surface area contributed by atoms with Crippen molar-refractivity contribution in [2.24, 2.45) is 0 Å². The van der Waals surface area contributed by atoms with Crippen LogP contribution >= 0.6 is 0 Å². The van der Waals surface area contributed by atoms with E-state index in [1.54, 1.807) is 6.07 Å². The van der Waals surface area contributed by atoms with Gasteiger partial charge in [0.25, 0.3) is 5.91 Å². The Bertz CT molecular complexity index is 826. The summed E-state index contributed by atoms with van der Waals surface area (Å²) in [6.45, 7) is 5.53. The molecule has 6 nitrogen and oxygen atoms in total. The normalized spacial score (nSPS) is 11.5. The first kappa shape index (κ1) is 20.2. The van der Waals surface area contributed by atoms with Crippen LogP contribution in [0.2, 0.25) is 0 Å². The van der Waals surface area contributed by atoms with Gasteiger partial charge in [0.2, 0.25) is 0 Å². The second-order valence-corrected chi connectivity index (χ2v) is 8.16. The zero-order valence-corrected chi connectivity index (χ0v) is 16.0. The number of carbonyl (C=O) groups excluding carboxylic acids is 1. The molecule has 1 aromatic heterocycles. The van der Waals surface area contributed by atoms with Gasteiger partial charge in [-0.05, 0) is 38.0 Å². The number of hydrogen-bond acceptors (Lipinski definition) is 5. The van der Waals surface area contributed by atoms with Gasteiger partial charge < -0.3 is 14.5 Å². The molecule has 0 fully saturated rings. The van der Waals surface area contributed by atoms with Crippen molar-refractivity contribution in [3.05, 3.63) is 59.0 Å². The zero-order chi connectivity index (χ0) is 19.0. The standard InChI is InChI=1S/C19H25NO5S/c1-3-24-11-5-10-20-19(21)18-9-8-17(25-18)14-26(22,23)13-16-7-4-6-15(2)12-16/h4,6-9,12H,3,5,10-11,13-14H2,1-2H3,(H,20,21). The average molecular weight is 379 g/mol. The molecule has 142 valence electrons. The Morgan fingerprint density at radius 3 is 2.73 bits per heavy atom. The number of hydrogen-bond donors (Lipinski definition) is 1. The van der Waals surface area contributed by atoms with Gasteiger partial charge in [-0.1, -0.05) is 29.8 Å². The number of aryl methyl sites for hydroxylation is 1. The number of furan rings is 1. The summed E-state index contributed by atoms with van der Waals surface area (Å²) < 4.78 is 35.3. The van der Waals surface area contributed by atoms with Crippen molar-refractivity contribution in [3.8, 4) is 0 Å². The second kappa shape index (κ2) is 9.54. The lowest BCUT2D eigenvalue weighted by Crippen LogP contribution is -2.24. The molecule has 0 aliphatic carbocycles. The Balaban J connectivity index is 1.89. The van der Waals surface area contributed by atoms with E-state index >= 15 is 0 Å². The third-order valence-electron chi connectivity index (χ3n) is 3.67. The number of benzene rings is 1. The molecule has 1 aromatic carbocycles. The fraction of sp³-hybridized carbons (Fsp3) is 0.421. The Morgan fingerprint density at radius 2 is 2.00 bits per heavy atom. The summed E-state index contributed by atoms with van der Waals surface area (Å²) >= 11 is 0. The van der Waals surface area contributed by atoms with Gasteiger partial charge in [-0.15, -0.1) is 0 Å². The topological polar surface area (TPSA) is 85.6 Å². The van der Waals surface area contributed by atoms with Gasteiger partial charge in [0.1, 0.15) is 11.5 Å². The maximum atomic E-state index is 12.4. The van der Waals surface area contributed by atoms with Gasteiger partial charge in [-0.3, -0.25) is 4.79 Å². The van der Waals surface area contributed by atoms with Crippen molar-refractivity contribution >= 4 is 15.7 Å². The molecule has 0 spiro atoms. The first-order valence-corrected chi connectivity index (χ1v) is 10.4. The molecule has 1 N–H and O–H groups in total. The first-order chi connectivity index (χ1) is 12.4. The lowest BCUT2D eigenvalue weighted by Gasteiger charge is -2.05. The van der Waals surface area contributed by atoms with Gasteiger partial charge in [-0.25, -0.2) is 8.42 Å². The summed E-state index contributed by atoms with van der Waals surface area (Å²) in [6.07, 6.45) is 0.706. The molecule has 2 aromatic rings. The van der Waals surface area contributed by atoms with Gasteiger partial charge in [-0.2, -0.15) is 0 Å². The number of rotatable bonds is 10. The molecule has 0 radical (unpaired) electrons. The van der Waals surface area contributed by atoms with Crippen LogP contribution in [0, 0.1) is 6.92 Å². The number of sulfone groups is 1. The highest BCUT2D eigenvalue weighted by Crippen LogP contribution is 2.16. The van der Waals surface area contributed by atoms with Crippen molar-refractivity contribution in [1.29, 1.82) is 0 Å². The molecule has 0 atom stereocenters. The van der Waals surface area contributed by atoms with Gasteiger partial charge in [0, 0.05) is 19.8 Å². The lowest BCUT2D eigenvalue weighted by molar-refractivity contribution is 0.0915. The summed E-state index contributed by atoms with van der Waals surface area (Å²) in [7, 11) is -3.39. The summed E-state index contributed by atoms with van der Waals surface area (Å²) in [4.78, 5) is 12.0. The minimum Gasteiger partial charge on any atom is -0.455 e. The lowest BCUT2D eigenvalue weighted by atomic mass is 10.2. The Kier molecular flexibility index (Phi) is 7.41. The smallest absolute Gasteiger partial charge is 0.286 e. The van der Waals surface area contributed by atoms with Crippen LogP contribution in [0.5, 0.6) is 0 Å². The van der Waals surface area contributed by atoms with Crippen LogP contribution in [-0.2, 0) is 26.1 Å². The third-order valence-corrected chi connectivity index (χ3v) is 5.17. The number of nitrogens with one attached hydrogen (secondary N) is 1. The summed E-state index contributed by atoms with van der Waals surface area (Å²) in [6, 6.07) is 10.4. The van der Waals surface area contributed by atoms with Crippen LogP contribution in [0.3, 0.4) is 0 Å². The minimum absolute atomic E-state index is 0.0612. The van der Waals surface area contributed by atoms with Crippen LogP contribution < -0.4 is 5.32 Å². The van der Waals surface area contributed by atoms with Crippen molar-refractivity contribution in [2.45, 2.75) is 31.8 Å². The minimum atomic E-state index is -3.39. The fourth-order valence-electron chi connectivity index (χ4n) is 2.51. The molecule has 0 aliphatic rings. The van der Waals surface area contributed by atoms with Crippen molar-refractivity contribution < 1.29 is 22.4 Å². The summed E-state index contributed by atoms with van der Waals surface area (Å²) in [5.41, 5.74) is 1.75. The molecule has 26 heavy (non-hydrogen) atoms. The van der Waals surface area contributed by atoms with E-state index in [9.17, 15) is 13.2 Å². The molecule has 0 saturated heterocycles. The molecule has 0 unspecified atom stereocenters. The zero-order valence-electron chi connectivity index (χ0n) is 15.2. The number of carbonyl (C=O) groups is 1. The van der Waals surface area contributed by atoms with Gasteiger partial charge in [0.05, 0.1) is 5.75 Å². The van der Waals surface area contributed by atoms with E-state index in [0.717, 1.165) is 11.1 Å². The first-order valence-electron chi connectivity index (χ1n) is 8.60. The quantitative estimate of drug-likeness (QED) is 0.642. The van der Waals surface area contributed by atoms with Crippen molar-refractivity contribution in [1.82, 2.24) is 5.32 Å². The highest BCUT2D eigenvalue weighted by molar-refractivity contribution is 7.89. The molecule has 7 heteroatoms. The van der Waals surface area contributed by atoms with Crippen LogP contribution in [0.1, 0.15) is 40.8 Å². The second-order valence-electron chi connectivity index (χ2n) is 6.09. The third kappa shape index (κ3) is 6.65. The van der Waals surface area contributed by atoms with E-state index in [-0.39, 0.29) is 28.9 Å². The predicted octanol–water partition coefficient (Wildman–Crippen LogP) is 2.86. The van der Waals surface area contributed by atoms with Crippen molar-refractivity contribution in [3.63, 3.8) is 0 Å². The molecule has 1 heterocycles.